The van der Waals surface area contributed by atoms with Crippen molar-refractivity contribution in [3.63, 3.8) is 0 Å². The van der Waals surface area contributed by atoms with Crippen molar-refractivity contribution in [1.82, 2.24) is 4.90 Å². The molecule has 0 aromatic heterocycles. The highest BCUT2D eigenvalue weighted by atomic mass is 16.6. The number of amides is 1. The van der Waals surface area contributed by atoms with Gasteiger partial charge < -0.3 is 14.9 Å². The van der Waals surface area contributed by atoms with Crippen LogP contribution in [0.5, 0.6) is 0 Å². The fourth-order valence-electron chi connectivity index (χ4n) is 5.79. The Morgan fingerprint density at radius 3 is 1.74 bits per heavy atom. The van der Waals surface area contributed by atoms with E-state index in [-0.39, 0.29) is 22.6 Å². The maximum atomic E-state index is 13.3. The number of aliphatic hydroxyl groups is 1. The number of likely N-dealkylation sites (tertiary alicyclic amines) is 1. The highest BCUT2D eigenvalue weighted by Crippen LogP contribution is 2.40. The minimum Gasteiger partial charge on any atom is -0.507 e. The Labute approximate surface area is 256 Å². The Morgan fingerprint density at radius 1 is 0.791 bits per heavy atom. The van der Waals surface area contributed by atoms with Gasteiger partial charge in [0.2, 0.25) is 0 Å². The van der Waals surface area contributed by atoms with E-state index >= 15 is 0 Å². The third kappa shape index (κ3) is 9.66. The van der Waals surface area contributed by atoms with Gasteiger partial charge in [-0.3, -0.25) is 19.7 Å². The van der Waals surface area contributed by atoms with E-state index in [1.165, 1.54) is 94.9 Å². The summed E-state index contributed by atoms with van der Waals surface area (Å²) in [6, 6.07) is 12.2. The SMILES string of the molecule is CCCCCCCCCCCCCCCCN1C(=O)C(=O)C(=C(O)c2ccc([N+](=O)[O-])cc2)C1c1ccc(N(C)C)cc1. The Hall–Kier alpha value is -3.68. The summed E-state index contributed by atoms with van der Waals surface area (Å²) >= 11 is 0. The minimum atomic E-state index is -0.733. The lowest BCUT2D eigenvalue weighted by molar-refractivity contribution is -0.384. The molecule has 8 nitrogen and oxygen atoms in total. The van der Waals surface area contributed by atoms with Crippen LogP contribution in [0.4, 0.5) is 11.4 Å². The average molecular weight is 592 g/mol. The molecule has 234 valence electrons. The van der Waals surface area contributed by atoms with Crippen molar-refractivity contribution >= 4 is 28.8 Å². The number of nitro benzene ring substituents is 1. The largest absolute Gasteiger partial charge is 0.507 e. The van der Waals surface area contributed by atoms with E-state index < -0.39 is 22.7 Å². The van der Waals surface area contributed by atoms with Gasteiger partial charge in [-0.05, 0) is 36.2 Å². The molecule has 0 saturated carbocycles. The van der Waals surface area contributed by atoms with Gasteiger partial charge in [0.05, 0.1) is 16.5 Å². The monoisotopic (exact) mass is 591 g/mol. The lowest BCUT2D eigenvalue weighted by Gasteiger charge is -2.26. The highest BCUT2D eigenvalue weighted by Gasteiger charge is 2.45. The number of rotatable bonds is 19. The molecule has 43 heavy (non-hydrogen) atoms. The van der Waals surface area contributed by atoms with Crippen LogP contribution in [0.15, 0.2) is 54.1 Å². The van der Waals surface area contributed by atoms with Gasteiger partial charge in [-0.15, -0.1) is 0 Å². The number of nitro groups is 1. The van der Waals surface area contributed by atoms with Gasteiger partial charge in [0.1, 0.15) is 5.76 Å². The topological polar surface area (TPSA) is 104 Å². The number of anilines is 1. The number of carbonyl (C=O) groups excluding carboxylic acids is 2. The van der Waals surface area contributed by atoms with Crippen LogP contribution in [0.1, 0.15) is 114 Å². The van der Waals surface area contributed by atoms with E-state index in [0.29, 0.717) is 6.54 Å². The lowest BCUT2D eigenvalue weighted by Crippen LogP contribution is -2.30. The van der Waals surface area contributed by atoms with Crippen molar-refractivity contribution < 1.29 is 19.6 Å². The number of Topliss-reactive ketones (excluding diaryl/α,β-unsaturated/α-hetero) is 1. The van der Waals surface area contributed by atoms with E-state index in [1.807, 2.05) is 43.3 Å². The summed E-state index contributed by atoms with van der Waals surface area (Å²) in [5.41, 5.74) is 1.86. The van der Waals surface area contributed by atoms with Gasteiger partial charge in [0.25, 0.3) is 17.4 Å². The lowest BCUT2D eigenvalue weighted by atomic mass is 9.95. The summed E-state index contributed by atoms with van der Waals surface area (Å²) in [6.45, 7) is 2.67. The minimum absolute atomic E-state index is 0.0156. The van der Waals surface area contributed by atoms with Crippen LogP contribution in [0, 0.1) is 10.1 Å². The smallest absolute Gasteiger partial charge is 0.295 e. The molecule has 2 aromatic carbocycles. The van der Waals surface area contributed by atoms with Crippen LogP contribution in [-0.4, -0.2) is 47.3 Å². The van der Waals surface area contributed by atoms with E-state index in [9.17, 15) is 24.8 Å². The van der Waals surface area contributed by atoms with Crippen LogP contribution in [0.3, 0.4) is 0 Å². The average Bonchev–Trinajstić information content (AvgIpc) is 3.26. The first kappa shape index (κ1) is 33.8. The third-order valence-corrected chi connectivity index (χ3v) is 8.37. The molecule has 0 spiro atoms. The number of nitrogens with zero attached hydrogens (tertiary/aromatic N) is 3. The first-order valence-corrected chi connectivity index (χ1v) is 16.1. The summed E-state index contributed by atoms with van der Waals surface area (Å²) in [4.78, 5) is 40.6. The first-order chi connectivity index (χ1) is 20.8. The fourth-order valence-corrected chi connectivity index (χ4v) is 5.79. The number of ketones is 1. The molecular weight excluding hydrogens is 542 g/mol. The number of carbonyl (C=O) groups is 2. The number of hydrogen-bond acceptors (Lipinski definition) is 6. The number of hydrogen-bond donors (Lipinski definition) is 1. The molecule has 1 fully saturated rings. The van der Waals surface area contributed by atoms with Gasteiger partial charge in [-0.25, -0.2) is 0 Å². The zero-order valence-corrected chi connectivity index (χ0v) is 26.2. The summed E-state index contributed by atoms with van der Waals surface area (Å²) in [6.07, 6.45) is 17.2. The number of unbranched alkanes of at least 4 members (excludes halogenated alkanes) is 13. The molecule has 0 radical (unpaired) electrons. The fraction of sp³-hybridized carbons (Fsp3) is 0.543. The quantitative estimate of drug-likeness (QED) is 0.0438. The molecule has 1 aliphatic heterocycles. The van der Waals surface area contributed by atoms with E-state index in [0.717, 1.165) is 30.5 Å². The molecule has 8 heteroatoms. The zero-order valence-electron chi connectivity index (χ0n) is 26.2. The number of aliphatic hydroxyl groups excluding tert-OH is 1. The summed E-state index contributed by atoms with van der Waals surface area (Å²) in [5, 5.41) is 22.3. The Bertz CT molecular complexity index is 1220. The molecular formula is C35H49N3O5. The van der Waals surface area contributed by atoms with Gasteiger partial charge in [0, 0.05) is 44.0 Å². The Morgan fingerprint density at radius 2 is 1.28 bits per heavy atom. The zero-order chi connectivity index (χ0) is 31.2. The van der Waals surface area contributed by atoms with E-state index in [2.05, 4.69) is 6.92 Å². The second kappa shape index (κ2) is 17.4. The van der Waals surface area contributed by atoms with Crippen molar-refractivity contribution in [1.29, 1.82) is 0 Å². The molecule has 1 atom stereocenters. The predicted molar refractivity (Wildman–Crippen MR) is 173 cm³/mol. The molecule has 3 rings (SSSR count). The third-order valence-electron chi connectivity index (χ3n) is 8.37. The number of benzene rings is 2. The maximum absolute atomic E-state index is 13.3. The summed E-state index contributed by atoms with van der Waals surface area (Å²) in [7, 11) is 3.87. The van der Waals surface area contributed by atoms with Crippen LogP contribution in [0.2, 0.25) is 0 Å². The van der Waals surface area contributed by atoms with Crippen molar-refractivity contribution in [3.05, 3.63) is 75.3 Å². The number of non-ortho nitro benzene ring substituents is 1. The molecule has 0 bridgehead atoms. The summed E-state index contributed by atoms with van der Waals surface area (Å²) in [5.74, 6) is -1.68. The van der Waals surface area contributed by atoms with Crippen LogP contribution in [0.25, 0.3) is 5.76 Å². The van der Waals surface area contributed by atoms with Crippen LogP contribution < -0.4 is 4.90 Å². The van der Waals surface area contributed by atoms with Crippen molar-refractivity contribution in [2.45, 2.75) is 103 Å². The molecule has 1 N–H and O–H groups in total. The predicted octanol–water partition coefficient (Wildman–Crippen LogP) is 8.56. The molecule has 2 aromatic rings. The second-order valence-electron chi connectivity index (χ2n) is 11.9. The van der Waals surface area contributed by atoms with E-state index in [4.69, 9.17) is 0 Å². The normalized spacial score (nSPS) is 16.2. The van der Waals surface area contributed by atoms with Gasteiger partial charge in [-0.1, -0.05) is 103 Å². The molecule has 1 heterocycles. The second-order valence-corrected chi connectivity index (χ2v) is 11.9. The standard InChI is InChI=1S/C35H49N3O5/c1-4-5-6-7-8-9-10-11-12-13-14-15-16-17-26-37-32(27-18-22-29(23-19-27)36(2)3)31(34(40)35(37)41)33(39)28-20-24-30(25-21-28)38(42)43/h18-25,32,39H,4-17,26H2,1-3H3. The van der Waals surface area contributed by atoms with Crippen LogP contribution >= 0.6 is 0 Å². The van der Waals surface area contributed by atoms with Crippen molar-refractivity contribution in [3.8, 4) is 0 Å². The van der Waals surface area contributed by atoms with Crippen LogP contribution in [-0.2, 0) is 9.59 Å². The highest BCUT2D eigenvalue weighted by molar-refractivity contribution is 6.46. The maximum Gasteiger partial charge on any atom is 0.295 e. The Kier molecular flexibility index (Phi) is 13.7. The molecule has 1 aliphatic rings. The molecule has 0 aliphatic carbocycles. The van der Waals surface area contributed by atoms with Gasteiger partial charge in [-0.2, -0.15) is 0 Å². The molecule has 1 saturated heterocycles. The Balaban J connectivity index is 1.61. The van der Waals surface area contributed by atoms with Gasteiger partial charge in [0.15, 0.2) is 0 Å². The van der Waals surface area contributed by atoms with Crippen molar-refractivity contribution in [2.24, 2.45) is 0 Å². The van der Waals surface area contributed by atoms with Gasteiger partial charge >= 0.3 is 0 Å². The van der Waals surface area contributed by atoms with E-state index in [1.54, 1.807) is 4.90 Å². The molecule has 1 amide bonds. The van der Waals surface area contributed by atoms with Crippen molar-refractivity contribution in [2.75, 3.05) is 25.5 Å². The molecule has 1 unspecified atom stereocenters. The first-order valence-electron chi connectivity index (χ1n) is 16.1. The summed E-state index contributed by atoms with van der Waals surface area (Å²) < 4.78 is 0.